The zero-order valence-corrected chi connectivity index (χ0v) is 20.6. The smallest absolute Gasteiger partial charge is 0.308 e. The van der Waals surface area contributed by atoms with Gasteiger partial charge in [-0.15, -0.1) is 0 Å². The van der Waals surface area contributed by atoms with E-state index in [1.54, 1.807) is 0 Å². The lowest BCUT2D eigenvalue weighted by atomic mass is 9.82. The zero-order chi connectivity index (χ0) is 22.5. The summed E-state index contributed by atoms with van der Waals surface area (Å²) in [6.45, 7) is 14.5. The van der Waals surface area contributed by atoms with Crippen molar-refractivity contribution in [3.63, 3.8) is 0 Å². The van der Waals surface area contributed by atoms with Gasteiger partial charge in [-0.05, 0) is 62.2 Å². The summed E-state index contributed by atoms with van der Waals surface area (Å²) in [7, 11) is 0. The van der Waals surface area contributed by atoms with Crippen molar-refractivity contribution >= 4 is 11.9 Å². The summed E-state index contributed by atoms with van der Waals surface area (Å²) in [4.78, 5) is 24.8. The van der Waals surface area contributed by atoms with Gasteiger partial charge in [0.1, 0.15) is 0 Å². The first-order chi connectivity index (χ1) is 14.3. The Balaban J connectivity index is 2.22. The van der Waals surface area contributed by atoms with Gasteiger partial charge < -0.3 is 9.47 Å². The molecule has 0 bridgehead atoms. The molecule has 0 aromatic rings. The minimum atomic E-state index is -0.0732. The molecule has 0 aromatic heterocycles. The van der Waals surface area contributed by atoms with Gasteiger partial charge in [-0.2, -0.15) is 0 Å². The molecule has 0 aliphatic heterocycles. The van der Waals surface area contributed by atoms with Crippen molar-refractivity contribution in [3.05, 3.63) is 0 Å². The van der Waals surface area contributed by atoms with Crippen molar-refractivity contribution in [2.45, 2.75) is 106 Å². The summed E-state index contributed by atoms with van der Waals surface area (Å²) in [5.74, 6) is 2.26. The van der Waals surface area contributed by atoms with Gasteiger partial charge in [0, 0.05) is 0 Å². The third-order valence-electron chi connectivity index (χ3n) is 7.46. The van der Waals surface area contributed by atoms with Crippen LogP contribution in [0.3, 0.4) is 0 Å². The third-order valence-corrected chi connectivity index (χ3v) is 7.46. The maximum atomic E-state index is 12.4. The lowest BCUT2D eigenvalue weighted by Crippen LogP contribution is -2.29. The van der Waals surface area contributed by atoms with Crippen LogP contribution in [0, 0.1) is 35.5 Å². The molecule has 0 amide bonds. The molecule has 30 heavy (non-hydrogen) atoms. The molecule has 1 aliphatic carbocycles. The molecule has 1 rings (SSSR count). The molecule has 1 saturated carbocycles. The Morgan fingerprint density at radius 2 is 0.933 bits per heavy atom. The van der Waals surface area contributed by atoms with Gasteiger partial charge >= 0.3 is 11.9 Å². The quantitative estimate of drug-likeness (QED) is 0.288. The van der Waals surface area contributed by atoms with Crippen molar-refractivity contribution in [3.8, 4) is 0 Å². The number of carbonyl (C=O) groups excluding carboxylic acids is 2. The first-order valence-electron chi connectivity index (χ1n) is 12.6. The van der Waals surface area contributed by atoms with E-state index in [4.69, 9.17) is 9.47 Å². The fourth-order valence-corrected chi connectivity index (χ4v) is 4.54. The molecule has 0 saturated heterocycles. The van der Waals surface area contributed by atoms with Crippen LogP contribution in [0.2, 0.25) is 0 Å². The summed E-state index contributed by atoms with van der Waals surface area (Å²) in [5.41, 5.74) is 0. The average molecular weight is 425 g/mol. The van der Waals surface area contributed by atoms with Gasteiger partial charge in [0.15, 0.2) is 0 Å². The number of hydrogen-bond donors (Lipinski definition) is 0. The highest BCUT2D eigenvalue weighted by Crippen LogP contribution is 2.31. The lowest BCUT2D eigenvalue weighted by molar-refractivity contribution is -0.155. The van der Waals surface area contributed by atoms with Gasteiger partial charge in [-0.1, -0.05) is 67.2 Å². The molecule has 0 heterocycles. The summed E-state index contributed by atoms with van der Waals surface area (Å²) in [5, 5.41) is 0. The Kier molecular flexibility index (Phi) is 13.4. The normalized spacial score (nSPS) is 23.3. The predicted octanol–water partition coefficient (Wildman–Crippen LogP) is 6.80. The Morgan fingerprint density at radius 3 is 1.23 bits per heavy atom. The fraction of sp³-hybridized carbons (Fsp3) is 0.923. The number of hydrogen-bond acceptors (Lipinski definition) is 4. The van der Waals surface area contributed by atoms with Crippen LogP contribution in [0.4, 0.5) is 0 Å². The molecule has 0 spiro atoms. The highest BCUT2D eigenvalue weighted by Gasteiger charge is 2.31. The monoisotopic (exact) mass is 424 g/mol. The molecule has 176 valence electrons. The van der Waals surface area contributed by atoms with Crippen LogP contribution in [-0.4, -0.2) is 25.2 Å². The van der Waals surface area contributed by atoms with E-state index in [9.17, 15) is 9.59 Å². The lowest BCUT2D eigenvalue weighted by Gasteiger charge is -2.26. The maximum absolute atomic E-state index is 12.4. The van der Waals surface area contributed by atoms with Gasteiger partial charge in [-0.25, -0.2) is 0 Å². The SMILES string of the molecule is CCCC(C)C(C)CCOC(=O)C1CCC(C(=O)OCCC(C)C(C)CCC)CC1. The van der Waals surface area contributed by atoms with E-state index in [0.717, 1.165) is 38.5 Å². The molecular formula is C26H48O4. The van der Waals surface area contributed by atoms with E-state index >= 15 is 0 Å². The number of rotatable bonds is 14. The highest BCUT2D eigenvalue weighted by molar-refractivity contribution is 5.75. The molecule has 4 nitrogen and oxygen atoms in total. The zero-order valence-electron chi connectivity index (χ0n) is 20.6. The Morgan fingerprint density at radius 1 is 0.633 bits per heavy atom. The summed E-state index contributed by atoms with van der Waals surface area (Å²) in [6.07, 6.45) is 9.69. The molecule has 0 N–H and O–H groups in total. The van der Waals surface area contributed by atoms with Gasteiger partial charge in [0.05, 0.1) is 25.0 Å². The number of ether oxygens (including phenoxy) is 2. The van der Waals surface area contributed by atoms with Crippen LogP contribution in [0.5, 0.6) is 0 Å². The van der Waals surface area contributed by atoms with Crippen LogP contribution >= 0.6 is 0 Å². The van der Waals surface area contributed by atoms with E-state index in [-0.39, 0.29) is 23.8 Å². The van der Waals surface area contributed by atoms with Crippen LogP contribution in [0.25, 0.3) is 0 Å². The second-order valence-electron chi connectivity index (χ2n) is 9.95. The van der Waals surface area contributed by atoms with Crippen LogP contribution < -0.4 is 0 Å². The largest absolute Gasteiger partial charge is 0.465 e. The standard InChI is InChI=1S/C26H48O4/c1-7-9-19(3)21(5)15-17-29-25(27)23-11-13-24(14-12-23)26(28)30-18-16-22(6)20(4)10-8-2/h19-24H,7-18H2,1-6H3. The minimum absolute atomic E-state index is 0.0488. The highest BCUT2D eigenvalue weighted by atomic mass is 16.5. The summed E-state index contributed by atoms with van der Waals surface area (Å²) in [6, 6.07) is 0. The van der Waals surface area contributed by atoms with Gasteiger partial charge in [-0.3, -0.25) is 9.59 Å². The molecule has 0 aromatic carbocycles. The van der Waals surface area contributed by atoms with Crippen molar-refractivity contribution < 1.29 is 19.1 Å². The van der Waals surface area contributed by atoms with Crippen LogP contribution in [0.1, 0.15) is 106 Å². The van der Waals surface area contributed by atoms with Gasteiger partial charge in [0.2, 0.25) is 0 Å². The van der Waals surface area contributed by atoms with Crippen LogP contribution in [-0.2, 0) is 19.1 Å². The topological polar surface area (TPSA) is 52.6 Å². The van der Waals surface area contributed by atoms with Crippen molar-refractivity contribution in [2.24, 2.45) is 35.5 Å². The molecule has 4 unspecified atom stereocenters. The molecule has 1 aliphatic rings. The van der Waals surface area contributed by atoms with E-state index in [1.807, 2.05) is 0 Å². The fourth-order valence-electron chi connectivity index (χ4n) is 4.54. The number of esters is 2. The third kappa shape index (κ3) is 9.83. The van der Waals surface area contributed by atoms with Crippen molar-refractivity contribution in [1.82, 2.24) is 0 Å². The van der Waals surface area contributed by atoms with E-state index in [0.29, 0.717) is 36.9 Å². The number of carbonyl (C=O) groups is 2. The first-order valence-corrected chi connectivity index (χ1v) is 12.6. The molecule has 0 radical (unpaired) electrons. The Hall–Kier alpha value is -1.06. The van der Waals surface area contributed by atoms with Gasteiger partial charge in [0.25, 0.3) is 0 Å². The van der Waals surface area contributed by atoms with Crippen molar-refractivity contribution in [2.75, 3.05) is 13.2 Å². The molecule has 4 atom stereocenters. The first kappa shape index (κ1) is 27.0. The maximum Gasteiger partial charge on any atom is 0.308 e. The van der Waals surface area contributed by atoms with E-state index < -0.39 is 0 Å². The molecule has 1 fully saturated rings. The van der Waals surface area contributed by atoms with Crippen molar-refractivity contribution in [1.29, 1.82) is 0 Å². The van der Waals surface area contributed by atoms with E-state index in [2.05, 4.69) is 41.5 Å². The summed E-state index contributed by atoms with van der Waals surface area (Å²) >= 11 is 0. The second kappa shape index (κ2) is 14.9. The Labute approximate surface area is 185 Å². The van der Waals surface area contributed by atoms with E-state index in [1.165, 1.54) is 25.7 Å². The van der Waals surface area contributed by atoms with Crippen LogP contribution in [0.15, 0.2) is 0 Å². The minimum Gasteiger partial charge on any atom is -0.465 e. The Bertz CT molecular complexity index is 437. The summed E-state index contributed by atoms with van der Waals surface area (Å²) < 4.78 is 11.1. The second-order valence-corrected chi connectivity index (χ2v) is 9.95. The predicted molar refractivity (Wildman–Crippen MR) is 123 cm³/mol. The average Bonchev–Trinajstić information content (AvgIpc) is 2.73. The molecule has 4 heteroatoms. The molecular weight excluding hydrogens is 376 g/mol.